The molecule has 1 aromatic heterocycles. The molecule has 5 nitrogen and oxygen atoms in total. The van der Waals surface area contributed by atoms with Crippen LogP contribution in [0.4, 0.5) is 5.82 Å². The number of aliphatic hydroxyl groups excluding tert-OH is 1. The summed E-state index contributed by atoms with van der Waals surface area (Å²) in [5.74, 6) is 0.744. The zero-order valence-corrected chi connectivity index (χ0v) is 18.2. The van der Waals surface area contributed by atoms with E-state index in [9.17, 15) is 5.11 Å². The molecule has 0 amide bonds. The highest BCUT2D eigenvalue weighted by atomic mass is 35.5. The quantitative estimate of drug-likeness (QED) is 0.736. The molecule has 1 aliphatic heterocycles. The van der Waals surface area contributed by atoms with E-state index >= 15 is 0 Å². The SMILES string of the molecule is CC[C@H](N)C1(C)CCN(c2nc(C)c(-c3cccc(Cl)c3Cl)nc2CO)CC1. The first-order chi connectivity index (χ1) is 13.3. The molecule has 152 valence electrons. The molecule has 1 atom stereocenters. The largest absolute Gasteiger partial charge is 0.390 e. The van der Waals surface area contributed by atoms with Gasteiger partial charge in [-0.05, 0) is 37.7 Å². The molecule has 0 bridgehead atoms. The molecule has 0 unspecified atom stereocenters. The van der Waals surface area contributed by atoms with Crippen LogP contribution in [0, 0.1) is 12.3 Å². The van der Waals surface area contributed by atoms with Crippen molar-refractivity contribution < 1.29 is 5.11 Å². The van der Waals surface area contributed by atoms with Gasteiger partial charge in [-0.3, -0.25) is 0 Å². The molecule has 1 fully saturated rings. The number of nitrogens with zero attached hydrogens (tertiary/aromatic N) is 3. The zero-order chi connectivity index (χ0) is 20.5. The van der Waals surface area contributed by atoms with E-state index < -0.39 is 0 Å². The van der Waals surface area contributed by atoms with E-state index in [1.54, 1.807) is 6.07 Å². The lowest BCUT2D eigenvalue weighted by molar-refractivity contribution is 0.190. The summed E-state index contributed by atoms with van der Waals surface area (Å²) in [7, 11) is 0. The Morgan fingerprint density at radius 1 is 1.25 bits per heavy atom. The van der Waals surface area contributed by atoms with E-state index in [1.165, 1.54) is 0 Å². The highest BCUT2D eigenvalue weighted by Crippen LogP contribution is 2.38. The highest BCUT2D eigenvalue weighted by Gasteiger charge is 2.35. The minimum absolute atomic E-state index is 0.140. The van der Waals surface area contributed by atoms with Gasteiger partial charge in [0.15, 0.2) is 5.82 Å². The molecule has 3 rings (SSSR count). The Kier molecular flexibility index (Phi) is 6.50. The number of hydrogen-bond acceptors (Lipinski definition) is 5. The summed E-state index contributed by atoms with van der Waals surface area (Å²) in [5.41, 5.74) is 9.17. The Hall–Kier alpha value is -1.40. The van der Waals surface area contributed by atoms with Crippen molar-refractivity contribution in [2.45, 2.75) is 52.7 Å². The first-order valence-corrected chi connectivity index (χ1v) is 10.5. The molecule has 1 aromatic carbocycles. The molecule has 1 saturated heterocycles. The fraction of sp³-hybridized carbons (Fsp3) is 0.524. The average molecular weight is 423 g/mol. The second-order valence-corrected chi connectivity index (χ2v) is 8.63. The maximum Gasteiger partial charge on any atom is 0.153 e. The third kappa shape index (κ3) is 3.99. The molecule has 28 heavy (non-hydrogen) atoms. The van der Waals surface area contributed by atoms with Gasteiger partial charge in [-0.25, -0.2) is 9.97 Å². The molecule has 3 N–H and O–H groups in total. The molecule has 0 aliphatic carbocycles. The number of benzene rings is 1. The lowest BCUT2D eigenvalue weighted by Crippen LogP contribution is -2.48. The topological polar surface area (TPSA) is 75.3 Å². The van der Waals surface area contributed by atoms with Crippen LogP contribution in [0.2, 0.25) is 10.0 Å². The average Bonchev–Trinajstić information content (AvgIpc) is 2.70. The number of hydrogen-bond donors (Lipinski definition) is 2. The fourth-order valence-corrected chi connectivity index (χ4v) is 4.33. The van der Waals surface area contributed by atoms with Gasteiger partial charge in [-0.2, -0.15) is 0 Å². The number of piperidine rings is 1. The number of halogens is 2. The molecule has 2 heterocycles. The van der Waals surface area contributed by atoms with E-state index in [2.05, 4.69) is 18.7 Å². The monoisotopic (exact) mass is 422 g/mol. The highest BCUT2D eigenvalue weighted by molar-refractivity contribution is 6.43. The maximum atomic E-state index is 9.96. The standard InChI is InChI=1S/C21H28Cl2N4O/c1-4-17(24)21(3)8-10-27(11-9-21)20-16(12-28)26-19(13(2)25-20)14-6-5-7-15(22)18(14)23/h5-7,17,28H,4,8-12,24H2,1-3H3/t17-/m0/s1. The third-order valence-electron chi connectivity index (χ3n) is 6.02. The van der Waals surface area contributed by atoms with E-state index in [1.807, 2.05) is 19.1 Å². The first kappa shape index (κ1) is 21.3. The van der Waals surface area contributed by atoms with Crippen LogP contribution in [0.5, 0.6) is 0 Å². The molecule has 0 spiro atoms. The summed E-state index contributed by atoms with van der Waals surface area (Å²) in [6.45, 7) is 7.83. The summed E-state index contributed by atoms with van der Waals surface area (Å²) in [5, 5.41) is 10.9. The van der Waals surface area contributed by atoms with Gasteiger partial charge >= 0.3 is 0 Å². The van der Waals surface area contributed by atoms with E-state index in [0.29, 0.717) is 21.4 Å². The Bertz CT molecular complexity index is 851. The fourth-order valence-electron chi connectivity index (χ4n) is 3.94. The van der Waals surface area contributed by atoms with Crippen molar-refractivity contribution in [3.05, 3.63) is 39.6 Å². The van der Waals surface area contributed by atoms with Crippen LogP contribution in [-0.4, -0.2) is 34.2 Å². The lowest BCUT2D eigenvalue weighted by Gasteiger charge is -2.43. The van der Waals surface area contributed by atoms with Crippen molar-refractivity contribution in [1.82, 2.24) is 9.97 Å². The van der Waals surface area contributed by atoms with Gasteiger partial charge in [0.05, 0.1) is 28.0 Å². The minimum atomic E-state index is -0.184. The second-order valence-electron chi connectivity index (χ2n) is 7.84. The van der Waals surface area contributed by atoms with Gasteiger partial charge in [0.25, 0.3) is 0 Å². The van der Waals surface area contributed by atoms with Crippen LogP contribution in [0.15, 0.2) is 18.2 Å². The number of rotatable bonds is 5. The van der Waals surface area contributed by atoms with Crippen molar-refractivity contribution in [1.29, 1.82) is 0 Å². The van der Waals surface area contributed by atoms with E-state index in [4.69, 9.17) is 38.9 Å². The van der Waals surface area contributed by atoms with Crippen molar-refractivity contribution in [2.24, 2.45) is 11.1 Å². The van der Waals surface area contributed by atoms with Crippen molar-refractivity contribution in [2.75, 3.05) is 18.0 Å². The van der Waals surface area contributed by atoms with Crippen molar-refractivity contribution in [3.8, 4) is 11.3 Å². The molecule has 1 aliphatic rings. The predicted molar refractivity (Wildman–Crippen MR) is 116 cm³/mol. The summed E-state index contributed by atoms with van der Waals surface area (Å²) >= 11 is 12.5. The predicted octanol–water partition coefficient (Wildman–Crippen LogP) is 4.59. The second kappa shape index (κ2) is 8.54. The maximum absolute atomic E-state index is 9.96. The smallest absolute Gasteiger partial charge is 0.153 e. The number of nitrogens with two attached hydrogens (primary N) is 1. The van der Waals surface area contributed by atoms with Crippen LogP contribution in [0.1, 0.15) is 44.5 Å². The Morgan fingerprint density at radius 2 is 1.93 bits per heavy atom. The van der Waals surface area contributed by atoms with Gasteiger partial charge in [-0.15, -0.1) is 0 Å². The summed E-state index contributed by atoms with van der Waals surface area (Å²) < 4.78 is 0. The molecule has 2 aromatic rings. The molecule has 7 heteroatoms. The van der Waals surface area contributed by atoms with Gasteiger partial charge in [-0.1, -0.05) is 49.2 Å². The number of aromatic nitrogens is 2. The van der Waals surface area contributed by atoms with Crippen LogP contribution < -0.4 is 10.6 Å². The Balaban J connectivity index is 1.92. The molecular weight excluding hydrogens is 395 g/mol. The van der Waals surface area contributed by atoms with Gasteiger partial charge < -0.3 is 15.7 Å². The summed E-state index contributed by atoms with van der Waals surface area (Å²) in [6, 6.07) is 5.64. The lowest BCUT2D eigenvalue weighted by atomic mass is 9.73. The molecular formula is C21H28Cl2N4O. The van der Waals surface area contributed by atoms with Crippen LogP contribution >= 0.6 is 23.2 Å². The first-order valence-electron chi connectivity index (χ1n) is 9.74. The zero-order valence-electron chi connectivity index (χ0n) is 16.7. The van der Waals surface area contributed by atoms with Gasteiger partial charge in [0.1, 0.15) is 5.69 Å². The Morgan fingerprint density at radius 3 is 2.54 bits per heavy atom. The van der Waals surface area contributed by atoms with Crippen molar-refractivity contribution in [3.63, 3.8) is 0 Å². The van der Waals surface area contributed by atoms with Crippen LogP contribution in [0.25, 0.3) is 11.3 Å². The number of anilines is 1. The molecule has 0 radical (unpaired) electrons. The normalized spacial score (nSPS) is 17.6. The summed E-state index contributed by atoms with van der Waals surface area (Å²) in [6.07, 6.45) is 2.97. The van der Waals surface area contributed by atoms with Crippen LogP contribution in [-0.2, 0) is 6.61 Å². The van der Waals surface area contributed by atoms with Gasteiger partial charge in [0, 0.05) is 24.7 Å². The van der Waals surface area contributed by atoms with Crippen molar-refractivity contribution >= 4 is 29.0 Å². The third-order valence-corrected chi connectivity index (χ3v) is 6.84. The van der Waals surface area contributed by atoms with Crippen LogP contribution in [0.3, 0.4) is 0 Å². The van der Waals surface area contributed by atoms with E-state index in [0.717, 1.165) is 49.4 Å². The molecule has 0 saturated carbocycles. The number of aliphatic hydroxyl groups is 1. The summed E-state index contributed by atoms with van der Waals surface area (Å²) in [4.78, 5) is 11.7. The number of aryl methyl sites for hydroxylation is 1. The van der Waals surface area contributed by atoms with E-state index in [-0.39, 0.29) is 18.1 Å². The Labute approximate surface area is 176 Å². The minimum Gasteiger partial charge on any atom is -0.390 e. The van der Waals surface area contributed by atoms with Gasteiger partial charge in [0.2, 0.25) is 0 Å².